The lowest BCUT2D eigenvalue weighted by Gasteiger charge is -2.32. The first kappa shape index (κ1) is 22.6. The molecule has 3 rings (SSSR count). The SMILES string of the molecule is CC(=O)[C@@](CSc1ccc(F)cc1)(Cc1ccccc1)NC(=O)OCc1ccccc1. The van der Waals surface area contributed by atoms with Gasteiger partial charge >= 0.3 is 6.09 Å². The molecule has 6 heteroatoms. The molecule has 3 aromatic rings. The fraction of sp³-hybridized carbons (Fsp3) is 0.200. The van der Waals surface area contributed by atoms with Gasteiger partial charge in [-0.05, 0) is 42.3 Å². The van der Waals surface area contributed by atoms with Crippen LogP contribution in [0.4, 0.5) is 9.18 Å². The van der Waals surface area contributed by atoms with Gasteiger partial charge in [0.05, 0.1) is 0 Å². The maximum absolute atomic E-state index is 13.2. The van der Waals surface area contributed by atoms with Gasteiger partial charge in [0.1, 0.15) is 18.0 Å². The van der Waals surface area contributed by atoms with E-state index in [4.69, 9.17) is 4.74 Å². The number of benzene rings is 3. The van der Waals surface area contributed by atoms with Gasteiger partial charge in [-0.15, -0.1) is 11.8 Å². The van der Waals surface area contributed by atoms with Crippen LogP contribution < -0.4 is 5.32 Å². The Balaban J connectivity index is 1.77. The second-order valence-electron chi connectivity index (χ2n) is 7.23. The van der Waals surface area contributed by atoms with Crippen molar-refractivity contribution in [3.63, 3.8) is 0 Å². The number of thioether (sulfide) groups is 1. The normalized spacial score (nSPS) is 12.6. The van der Waals surface area contributed by atoms with E-state index in [-0.39, 0.29) is 24.0 Å². The molecule has 1 amide bonds. The Bertz CT molecular complexity index is 996. The molecule has 0 unspecified atom stereocenters. The average molecular weight is 438 g/mol. The summed E-state index contributed by atoms with van der Waals surface area (Å²) in [6.07, 6.45) is -0.340. The van der Waals surface area contributed by atoms with Gasteiger partial charge in [0, 0.05) is 17.1 Å². The van der Waals surface area contributed by atoms with Gasteiger partial charge in [-0.2, -0.15) is 0 Å². The number of carbonyl (C=O) groups is 2. The minimum atomic E-state index is -1.17. The molecular weight excluding hydrogens is 413 g/mol. The number of ether oxygens (including phenoxy) is 1. The van der Waals surface area contributed by atoms with Crippen LogP contribution in [0.3, 0.4) is 0 Å². The van der Waals surface area contributed by atoms with Gasteiger partial charge in [0.15, 0.2) is 5.78 Å². The summed E-state index contributed by atoms with van der Waals surface area (Å²) in [5.74, 6) is -0.222. The molecule has 0 aromatic heterocycles. The zero-order valence-corrected chi connectivity index (χ0v) is 18.0. The quantitative estimate of drug-likeness (QED) is 0.455. The second-order valence-corrected chi connectivity index (χ2v) is 8.28. The molecule has 0 aliphatic heterocycles. The summed E-state index contributed by atoms with van der Waals surface area (Å²) < 4.78 is 18.6. The summed E-state index contributed by atoms with van der Waals surface area (Å²) in [6.45, 7) is 1.57. The van der Waals surface area contributed by atoms with Gasteiger partial charge in [0.25, 0.3) is 0 Å². The summed E-state index contributed by atoms with van der Waals surface area (Å²) in [6, 6.07) is 24.9. The van der Waals surface area contributed by atoms with Crippen LogP contribution in [0.1, 0.15) is 18.1 Å². The second kappa shape index (κ2) is 10.8. The first-order chi connectivity index (χ1) is 15.0. The third-order valence-electron chi connectivity index (χ3n) is 4.88. The largest absolute Gasteiger partial charge is 0.445 e. The molecule has 0 aliphatic rings. The van der Waals surface area contributed by atoms with E-state index in [9.17, 15) is 14.0 Å². The molecule has 4 nitrogen and oxygen atoms in total. The van der Waals surface area contributed by atoms with Crippen molar-refractivity contribution in [1.29, 1.82) is 0 Å². The monoisotopic (exact) mass is 437 g/mol. The van der Waals surface area contributed by atoms with Gasteiger partial charge in [-0.3, -0.25) is 4.79 Å². The number of halogens is 1. The minimum absolute atomic E-state index is 0.108. The first-order valence-corrected chi connectivity index (χ1v) is 10.9. The summed E-state index contributed by atoms with van der Waals surface area (Å²) >= 11 is 1.38. The highest BCUT2D eigenvalue weighted by Gasteiger charge is 2.38. The van der Waals surface area contributed by atoms with Crippen molar-refractivity contribution >= 4 is 23.6 Å². The van der Waals surface area contributed by atoms with Crippen LogP contribution in [0, 0.1) is 5.82 Å². The molecule has 0 spiro atoms. The number of hydrogen-bond acceptors (Lipinski definition) is 4. The molecule has 0 saturated heterocycles. The highest BCUT2D eigenvalue weighted by atomic mass is 32.2. The van der Waals surface area contributed by atoms with Crippen molar-refractivity contribution in [3.05, 3.63) is 102 Å². The van der Waals surface area contributed by atoms with E-state index in [1.54, 1.807) is 12.1 Å². The molecule has 0 bridgehead atoms. The summed E-state index contributed by atoms with van der Waals surface area (Å²) in [5, 5.41) is 2.82. The lowest BCUT2D eigenvalue weighted by Crippen LogP contribution is -2.57. The van der Waals surface area contributed by atoms with Crippen molar-refractivity contribution in [1.82, 2.24) is 5.32 Å². The topological polar surface area (TPSA) is 55.4 Å². The number of alkyl carbamates (subject to hydrolysis) is 1. The van der Waals surface area contributed by atoms with Gasteiger partial charge < -0.3 is 10.1 Å². The van der Waals surface area contributed by atoms with Crippen molar-refractivity contribution < 1.29 is 18.7 Å². The van der Waals surface area contributed by atoms with Gasteiger partial charge in [-0.1, -0.05) is 60.7 Å². The van der Waals surface area contributed by atoms with Crippen molar-refractivity contribution in [2.75, 3.05) is 5.75 Å². The highest BCUT2D eigenvalue weighted by Crippen LogP contribution is 2.27. The molecule has 0 saturated carbocycles. The van der Waals surface area contributed by atoms with Crippen LogP contribution in [0.25, 0.3) is 0 Å². The predicted molar refractivity (Wildman–Crippen MR) is 120 cm³/mol. The number of nitrogens with one attached hydrogen (secondary N) is 1. The smallest absolute Gasteiger partial charge is 0.408 e. The fourth-order valence-electron chi connectivity index (χ4n) is 3.08. The van der Waals surface area contributed by atoms with Crippen LogP contribution in [0.5, 0.6) is 0 Å². The zero-order valence-electron chi connectivity index (χ0n) is 17.2. The lowest BCUT2D eigenvalue weighted by atomic mass is 9.89. The number of carbonyl (C=O) groups excluding carboxylic acids is 2. The Hall–Kier alpha value is -3.12. The fourth-order valence-corrected chi connectivity index (χ4v) is 4.20. The lowest BCUT2D eigenvalue weighted by molar-refractivity contribution is -0.122. The number of amides is 1. The van der Waals surface area contributed by atoms with Crippen molar-refractivity contribution in [2.45, 2.75) is 30.4 Å². The standard InChI is InChI=1S/C25H24FNO3S/c1-19(28)25(16-20-8-4-2-5-9-20,18-31-23-14-12-22(26)13-15-23)27-24(29)30-17-21-10-6-3-7-11-21/h2-15H,16-18H2,1H3,(H,27,29)/t25-/m0/s1. The molecule has 0 heterocycles. The maximum atomic E-state index is 13.2. The average Bonchev–Trinajstić information content (AvgIpc) is 2.78. The third-order valence-corrected chi connectivity index (χ3v) is 6.12. The Morgan fingerprint density at radius 3 is 2.06 bits per heavy atom. The number of hydrogen-bond donors (Lipinski definition) is 1. The van der Waals surface area contributed by atoms with Gasteiger partial charge in [-0.25, -0.2) is 9.18 Å². The Morgan fingerprint density at radius 2 is 1.48 bits per heavy atom. The van der Waals surface area contributed by atoms with E-state index < -0.39 is 11.6 Å². The zero-order chi connectivity index (χ0) is 22.1. The van der Waals surface area contributed by atoms with Crippen LogP contribution in [0.15, 0.2) is 89.8 Å². The molecule has 160 valence electrons. The summed E-state index contributed by atoms with van der Waals surface area (Å²) in [5.41, 5.74) is 0.601. The van der Waals surface area contributed by atoms with E-state index in [1.165, 1.54) is 30.8 Å². The number of ketones is 1. The van der Waals surface area contributed by atoms with E-state index in [2.05, 4.69) is 5.32 Å². The molecule has 3 aromatic carbocycles. The molecule has 0 radical (unpaired) electrons. The first-order valence-electron chi connectivity index (χ1n) is 9.89. The van der Waals surface area contributed by atoms with E-state index in [1.807, 2.05) is 60.7 Å². The van der Waals surface area contributed by atoms with Gasteiger partial charge in [0.2, 0.25) is 0 Å². The Labute approximate surface area is 185 Å². The molecule has 0 aliphatic carbocycles. The van der Waals surface area contributed by atoms with E-state index in [0.717, 1.165) is 16.0 Å². The third kappa shape index (κ3) is 6.69. The summed E-state index contributed by atoms with van der Waals surface area (Å²) in [4.78, 5) is 26.3. The minimum Gasteiger partial charge on any atom is -0.445 e. The summed E-state index contributed by atoms with van der Waals surface area (Å²) in [7, 11) is 0. The van der Waals surface area contributed by atoms with E-state index >= 15 is 0 Å². The maximum Gasteiger partial charge on any atom is 0.408 e. The molecule has 31 heavy (non-hydrogen) atoms. The van der Waals surface area contributed by atoms with Crippen LogP contribution >= 0.6 is 11.8 Å². The van der Waals surface area contributed by atoms with Crippen molar-refractivity contribution in [2.24, 2.45) is 0 Å². The van der Waals surface area contributed by atoms with Crippen LogP contribution in [0.2, 0.25) is 0 Å². The highest BCUT2D eigenvalue weighted by molar-refractivity contribution is 7.99. The molecule has 1 N–H and O–H groups in total. The molecule has 1 atom stereocenters. The number of rotatable bonds is 9. The molecular formula is C25H24FNO3S. The Kier molecular flexibility index (Phi) is 7.84. The molecule has 0 fully saturated rings. The van der Waals surface area contributed by atoms with Crippen LogP contribution in [-0.2, 0) is 22.6 Å². The number of Topliss-reactive ketones (excluding diaryl/α,β-unsaturated/α-hetero) is 1. The van der Waals surface area contributed by atoms with E-state index in [0.29, 0.717) is 6.42 Å². The van der Waals surface area contributed by atoms with Crippen molar-refractivity contribution in [3.8, 4) is 0 Å². The van der Waals surface area contributed by atoms with Crippen LogP contribution in [-0.4, -0.2) is 23.2 Å². The Morgan fingerprint density at radius 1 is 0.903 bits per heavy atom. The predicted octanol–water partition coefficient (Wildman–Crippen LogP) is 5.41.